The van der Waals surface area contributed by atoms with Gasteiger partial charge in [0.15, 0.2) is 5.01 Å². The average molecular weight is 236 g/mol. The molecule has 1 aromatic rings. The van der Waals surface area contributed by atoms with Gasteiger partial charge in [0.2, 0.25) is 0 Å². The smallest absolute Gasteiger partial charge is 0.315 e. The van der Waals surface area contributed by atoms with E-state index >= 15 is 0 Å². The largest absolute Gasteiger partial charge is 0.443 e. The fourth-order valence-electron chi connectivity index (χ4n) is 1.45. The number of nitrogens with one attached hydrogen (secondary N) is 1. The summed E-state index contributed by atoms with van der Waals surface area (Å²) in [5.74, 6) is 0.265. The number of halogens is 3. The molecule has 1 aliphatic rings. The van der Waals surface area contributed by atoms with Gasteiger partial charge in [-0.1, -0.05) is 0 Å². The van der Waals surface area contributed by atoms with Crippen molar-refractivity contribution in [3.05, 3.63) is 15.6 Å². The van der Waals surface area contributed by atoms with Crippen LogP contribution >= 0.6 is 11.3 Å². The summed E-state index contributed by atoms with van der Waals surface area (Å²) in [6.07, 6.45) is -2.37. The Hall–Kier alpha value is -0.620. The van der Waals surface area contributed by atoms with Crippen LogP contribution in [0.2, 0.25) is 0 Å². The van der Waals surface area contributed by atoms with Crippen molar-refractivity contribution in [2.75, 3.05) is 7.05 Å². The van der Waals surface area contributed by atoms with Gasteiger partial charge in [0.25, 0.3) is 0 Å². The molecule has 0 unspecified atom stereocenters. The van der Waals surface area contributed by atoms with Crippen molar-refractivity contribution < 1.29 is 13.2 Å². The first-order valence-electron chi connectivity index (χ1n) is 4.73. The van der Waals surface area contributed by atoms with Crippen LogP contribution in [0.1, 0.15) is 34.3 Å². The number of alkyl halides is 3. The number of nitrogens with zero attached hydrogens (tertiary/aromatic N) is 1. The minimum Gasteiger partial charge on any atom is -0.315 e. The molecule has 6 heteroatoms. The summed E-state index contributed by atoms with van der Waals surface area (Å²) < 4.78 is 37.3. The Labute approximate surface area is 89.5 Å². The monoisotopic (exact) mass is 236 g/mol. The normalized spacial score (nSPS) is 17.1. The lowest BCUT2D eigenvalue weighted by atomic mass is 10.2. The van der Waals surface area contributed by atoms with Crippen LogP contribution in [0.15, 0.2) is 0 Å². The highest BCUT2D eigenvalue weighted by molar-refractivity contribution is 7.11. The molecule has 0 spiro atoms. The van der Waals surface area contributed by atoms with Crippen molar-refractivity contribution in [1.82, 2.24) is 10.3 Å². The van der Waals surface area contributed by atoms with E-state index in [-0.39, 0.29) is 5.92 Å². The van der Waals surface area contributed by atoms with E-state index in [2.05, 4.69) is 10.3 Å². The molecule has 1 N–H and O–H groups in total. The van der Waals surface area contributed by atoms with Crippen molar-refractivity contribution in [3.8, 4) is 0 Å². The predicted octanol–water partition coefficient (Wildman–Crippen LogP) is 2.76. The van der Waals surface area contributed by atoms with Gasteiger partial charge >= 0.3 is 6.18 Å². The van der Waals surface area contributed by atoms with Crippen LogP contribution in [0.5, 0.6) is 0 Å². The molecule has 1 fully saturated rings. The third kappa shape index (κ3) is 2.31. The van der Waals surface area contributed by atoms with Crippen LogP contribution in [0, 0.1) is 0 Å². The third-order valence-corrected chi connectivity index (χ3v) is 3.39. The molecule has 0 bridgehead atoms. The van der Waals surface area contributed by atoms with Crippen LogP contribution < -0.4 is 5.32 Å². The molecule has 0 aliphatic heterocycles. The Balaban J connectivity index is 2.31. The maximum absolute atomic E-state index is 12.4. The summed E-state index contributed by atoms with van der Waals surface area (Å²) in [4.78, 5) is 4.44. The van der Waals surface area contributed by atoms with E-state index in [0.717, 1.165) is 29.1 Å². The van der Waals surface area contributed by atoms with E-state index in [1.165, 1.54) is 0 Å². The van der Waals surface area contributed by atoms with Crippen LogP contribution in [-0.2, 0) is 12.7 Å². The highest BCUT2D eigenvalue weighted by Crippen LogP contribution is 2.45. The molecule has 15 heavy (non-hydrogen) atoms. The zero-order chi connectivity index (χ0) is 11.1. The molecule has 0 aromatic carbocycles. The van der Waals surface area contributed by atoms with E-state index in [9.17, 15) is 13.2 Å². The molecule has 1 aliphatic carbocycles. The summed E-state index contributed by atoms with van der Waals surface area (Å²) >= 11 is 0.761. The standard InChI is InChI=1S/C9H11F3N2S/c1-13-4-6-7(5-2-3-5)14-8(15-6)9(10,11)12/h5,13H,2-4H2,1H3. The summed E-state index contributed by atoms with van der Waals surface area (Å²) in [6, 6.07) is 0. The Kier molecular flexibility index (Phi) is 2.72. The Morgan fingerprint density at radius 3 is 2.60 bits per heavy atom. The first kappa shape index (κ1) is 10.9. The number of thiazole rings is 1. The first-order chi connectivity index (χ1) is 7.02. The molecule has 84 valence electrons. The van der Waals surface area contributed by atoms with Gasteiger partial charge in [0.1, 0.15) is 0 Å². The quantitative estimate of drug-likeness (QED) is 0.872. The van der Waals surface area contributed by atoms with Gasteiger partial charge in [-0.2, -0.15) is 13.2 Å². The van der Waals surface area contributed by atoms with Crippen LogP contribution in [0.4, 0.5) is 13.2 Å². The van der Waals surface area contributed by atoms with Gasteiger partial charge < -0.3 is 5.32 Å². The summed E-state index contributed by atoms with van der Waals surface area (Å²) in [6.45, 7) is 0.472. The average Bonchev–Trinajstić information content (AvgIpc) is 2.87. The lowest BCUT2D eigenvalue weighted by Crippen LogP contribution is -2.05. The SMILES string of the molecule is CNCc1sc(C(F)(F)F)nc1C1CC1. The molecule has 1 heterocycles. The highest BCUT2D eigenvalue weighted by atomic mass is 32.1. The fourth-order valence-corrected chi connectivity index (χ4v) is 2.47. The highest BCUT2D eigenvalue weighted by Gasteiger charge is 2.38. The Morgan fingerprint density at radius 1 is 1.47 bits per heavy atom. The first-order valence-corrected chi connectivity index (χ1v) is 5.55. The second-order valence-electron chi connectivity index (χ2n) is 3.63. The fraction of sp³-hybridized carbons (Fsp3) is 0.667. The molecule has 0 radical (unpaired) electrons. The summed E-state index contributed by atoms with van der Waals surface area (Å²) in [5, 5.41) is 2.16. The Bertz CT molecular complexity index is 355. The zero-order valence-corrected chi connectivity index (χ0v) is 9.00. The molecule has 0 amide bonds. The maximum atomic E-state index is 12.4. The summed E-state index contributed by atoms with van der Waals surface area (Å²) in [5.41, 5.74) is 0.654. The van der Waals surface area contributed by atoms with E-state index < -0.39 is 11.2 Å². The molecule has 2 nitrogen and oxygen atoms in total. The van der Waals surface area contributed by atoms with Crippen LogP contribution in [0.3, 0.4) is 0 Å². The molecule has 0 saturated heterocycles. The van der Waals surface area contributed by atoms with Crippen LogP contribution in [-0.4, -0.2) is 12.0 Å². The molecule has 2 rings (SSSR count). The molecule has 1 aromatic heterocycles. The minimum atomic E-state index is -4.31. The van der Waals surface area contributed by atoms with Gasteiger partial charge in [0, 0.05) is 17.3 Å². The topological polar surface area (TPSA) is 24.9 Å². The van der Waals surface area contributed by atoms with E-state index in [0.29, 0.717) is 12.2 Å². The number of hydrogen-bond donors (Lipinski definition) is 1. The second-order valence-corrected chi connectivity index (χ2v) is 4.71. The third-order valence-electron chi connectivity index (χ3n) is 2.27. The van der Waals surface area contributed by atoms with Crippen molar-refractivity contribution in [2.45, 2.75) is 31.5 Å². The molecule has 1 saturated carbocycles. The van der Waals surface area contributed by atoms with Crippen LogP contribution in [0.25, 0.3) is 0 Å². The molecular weight excluding hydrogens is 225 g/mol. The van der Waals surface area contributed by atoms with Crippen molar-refractivity contribution >= 4 is 11.3 Å². The van der Waals surface area contributed by atoms with Crippen molar-refractivity contribution in [2.24, 2.45) is 0 Å². The van der Waals surface area contributed by atoms with E-state index in [4.69, 9.17) is 0 Å². The zero-order valence-electron chi connectivity index (χ0n) is 8.19. The number of aromatic nitrogens is 1. The van der Waals surface area contributed by atoms with Gasteiger partial charge in [0.05, 0.1) is 5.69 Å². The van der Waals surface area contributed by atoms with Crippen molar-refractivity contribution in [1.29, 1.82) is 0 Å². The van der Waals surface area contributed by atoms with E-state index in [1.54, 1.807) is 7.05 Å². The molecular formula is C9H11F3N2S. The van der Waals surface area contributed by atoms with E-state index in [1.807, 2.05) is 0 Å². The number of hydrogen-bond acceptors (Lipinski definition) is 3. The molecule has 0 atom stereocenters. The van der Waals surface area contributed by atoms with Crippen molar-refractivity contribution in [3.63, 3.8) is 0 Å². The minimum absolute atomic E-state index is 0.265. The second kappa shape index (κ2) is 3.75. The maximum Gasteiger partial charge on any atom is 0.443 e. The lowest BCUT2D eigenvalue weighted by Gasteiger charge is -1.98. The van der Waals surface area contributed by atoms with Gasteiger partial charge in [-0.3, -0.25) is 0 Å². The lowest BCUT2D eigenvalue weighted by molar-refractivity contribution is -0.137. The van der Waals surface area contributed by atoms with Gasteiger partial charge in [-0.15, -0.1) is 11.3 Å². The predicted molar refractivity (Wildman–Crippen MR) is 51.9 cm³/mol. The van der Waals surface area contributed by atoms with Gasteiger partial charge in [-0.25, -0.2) is 4.98 Å². The summed E-state index contributed by atoms with van der Waals surface area (Å²) in [7, 11) is 1.73. The van der Waals surface area contributed by atoms with Gasteiger partial charge in [-0.05, 0) is 19.9 Å². The Morgan fingerprint density at radius 2 is 2.13 bits per heavy atom. The number of rotatable bonds is 3.